The zero-order chi connectivity index (χ0) is 22.5. The molecule has 0 aliphatic rings. The molecule has 1 N–H and O–H groups in total. The van der Waals surface area contributed by atoms with Crippen LogP contribution in [-0.4, -0.2) is 31.4 Å². The molecule has 0 fully saturated rings. The molecular weight excluding hydrogens is 510 g/mol. The highest BCUT2D eigenvalue weighted by Crippen LogP contribution is 2.26. The maximum absolute atomic E-state index is 12.4. The van der Waals surface area contributed by atoms with Crippen LogP contribution in [0.2, 0.25) is 0 Å². The van der Waals surface area contributed by atoms with E-state index in [0.29, 0.717) is 22.7 Å². The summed E-state index contributed by atoms with van der Waals surface area (Å²) < 4.78 is 8.69. The number of amides is 1. The van der Waals surface area contributed by atoms with Gasteiger partial charge in [-0.2, -0.15) is 0 Å². The number of aromatic nitrogens is 4. The molecule has 4 aromatic rings. The van der Waals surface area contributed by atoms with Gasteiger partial charge in [0, 0.05) is 22.5 Å². The number of anilines is 1. The first kappa shape index (κ1) is 22.5. The molecule has 0 spiro atoms. The van der Waals surface area contributed by atoms with Crippen molar-refractivity contribution in [2.24, 2.45) is 7.05 Å². The maximum Gasteiger partial charge on any atom is 0.236 e. The third-order valence-electron chi connectivity index (χ3n) is 4.60. The molecule has 0 radical (unpaired) electrons. The minimum Gasteiger partial charge on any atom is -0.485 e. The molecule has 10 heteroatoms. The fourth-order valence-electron chi connectivity index (χ4n) is 2.83. The lowest BCUT2D eigenvalue weighted by molar-refractivity contribution is -0.113. The molecule has 32 heavy (non-hydrogen) atoms. The van der Waals surface area contributed by atoms with Gasteiger partial charge < -0.3 is 14.6 Å². The number of carbonyl (C=O) groups excluding carboxylic acids is 1. The summed E-state index contributed by atoms with van der Waals surface area (Å²) in [4.78, 5) is 16.9. The zero-order valence-corrected chi connectivity index (χ0v) is 20.6. The number of benzene rings is 2. The molecule has 1 amide bonds. The van der Waals surface area contributed by atoms with Crippen LogP contribution in [-0.2, 0) is 18.4 Å². The third kappa shape index (κ3) is 5.56. The van der Waals surface area contributed by atoms with Crippen molar-refractivity contribution in [1.82, 2.24) is 19.7 Å². The molecule has 0 bridgehead atoms. The van der Waals surface area contributed by atoms with Gasteiger partial charge in [0.15, 0.2) is 16.1 Å². The van der Waals surface area contributed by atoms with Crippen molar-refractivity contribution in [2.45, 2.75) is 18.7 Å². The fraction of sp³-hybridized carbons (Fsp3) is 0.182. The summed E-state index contributed by atoms with van der Waals surface area (Å²) in [7, 11) is 1.86. The number of rotatable bonds is 8. The van der Waals surface area contributed by atoms with Crippen molar-refractivity contribution < 1.29 is 9.53 Å². The predicted octanol–water partition coefficient (Wildman–Crippen LogP) is 5.32. The Morgan fingerprint density at radius 1 is 1.19 bits per heavy atom. The third-order valence-corrected chi connectivity index (χ3v) is 6.90. The van der Waals surface area contributed by atoms with E-state index in [4.69, 9.17) is 4.74 Å². The molecule has 0 aliphatic heterocycles. The van der Waals surface area contributed by atoms with E-state index in [1.54, 1.807) is 0 Å². The van der Waals surface area contributed by atoms with Crippen molar-refractivity contribution in [2.75, 3.05) is 11.1 Å². The Balaban J connectivity index is 1.30. The van der Waals surface area contributed by atoms with Crippen molar-refractivity contribution >= 4 is 50.1 Å². The number of aryl methyl sites for hydroxylation is 1. The van der Waals surface area contributed by atoms with E-state index in [2.05, 4.69) is 36.4 Å². The highest BCUT2D eigenvalue weighted by atomic mass is 79.9. The Labute approximate surface area is 202 Å². The number of nitrogens with zero attached hydrogens (tertiary/aromatic N) is 4. The molecule has 0 saturated heterocycles. The Morgan fingerprint density at radius 3 is 2.75 bits per heavy atom. The van der Waals surface area contributed by atoms with Crippen LogP contribution in [0.15, 0.2) is 63.5 Å². The number of ether oxygens (including phenoxy) is 1. The van der Waals surface area contributed by atoms with E-state index >= 15 is 0 Å². The number of para-hydroxylation sites is 1. The summed E-state index contributed by atoms with van der Waals surface area (Å²) in [5.74, 6) is 1.57. The van der Waals surface area contributed by atoms with Gasteiger partial charge in [0.05, 0.1) is 11.4 Å². The quantitative estimate of drug-likeness (QED) is 0.311. The van der Waals surface area contributed by atoms with Gasteiger partial charge in [0.25, 0.3) is 0 Å². The summed E-state index contributed by atoms with van der Waals surface area (Å²) in [6, 6.07) is 15.7. The Hall–Kier alpha value is -2.69. The molecule has 7 nitrogen and oxygen atoms in total. The van der Waals surface area contributed by atoms with Gasteiger partial charge >= 0.3 is 0 Å². The van der Waals surface area contributed by atoms with E-state index in [0.717, 1.165) is 27.0 Å². The first-order valence-electron chi connectivity index (χ1n) is 9.70. The molecule has 2 heterocycles. The first-order chi connectivity index (χ1) is 15.5. The maximum atomic E-state index is 12.4. The van der Waals surface area contributed by atoms with Gasteiger partial charge in [0.2, 0.25) is 5.91 Å². The summed E-state index contributed by atoms with van der Waals surface area (Å²) >= 11 is 6.14. The Kier molecular flexibility index (Phi) is 7.23. The number of hydrogen-bond acceptors (Lipinski definition) is 7. The number of carbonyl (C=O) groups is 1. The van der Waals surface area contributed by atoms with E-state index in [1.807, 2.05) is 72.4 Å². The number of thiazole rings is 1. The van der Waals surface area contributed by atoms with Crippen molar-refractivity contribution in [3.63, 3.8) is 0 Å². The standard InChI is InChI=1S/C22H20BrN5O2S2/c1-14-5-3-4-6-18(14)30-11-19-26-27-22(28(19)2)32-13-20(29)25-21-24-17(12-31-21)15-7-9-16(23)10-8-15/h3-10,12H,11,13H2,1-2H3,(H,24,25,29). The monoisotopic (exact) mass is 529 g/mol. The second-order valence-corrected chi connectivity index (χ2v) is 9.61. The molecule has 0 saturated carbocycles. The summed E-state index contributed by atoms with van der Waals surface area (Å²) in [5, 5.41) is 14.4. The molecule has 2 aromatic carbocycles. The largest absolute Gasteiger partial charge is 0.485 e. The van der Waals surface area contributed by atoms with Gasteiger partial charge in [-0.25, -0.2) is 4.98 Å². The van der Waals surface area contributed by atoms with Gasteiger partial charge in [0.1, 0.15) is 12.4 Å². The van der Waals surface area contributed by atoms with Crippen LogP contribution in [0.5, 0.6) is 5.75 Å². The molecule has 0 unspecified atom stereocenters. The highest BCUT2D eigenvalue weighted by Gasteiger charge is 2.14. The predicted molar refractivity (Wildman–Crippen MR) is 131 cm³/mol. The summed E-state index contributed by atoms with van der Waals surface area (Å²) in [6.07, 6.45) is 0. The lowest BCUT2D eigenvalue weighted by Crippen LogP contribution is -2.14. The van der Waals surface area contributed by atoms with Crippen LogP contribution in [0.4, 0.5) is 5.13 Å². The van der Waals surface area contributed by atoms with Gasteiger partial charge in [-0.15, -0.1) is 21.5 Å². The number of halogens is 1. The highest BCUT2D eigenvalue weighted by molar-refractivity contribution is 9.10. The number of hydrogen-bond donors (Lipinski definition) is 1. The number of nitrogens with one attached hydrogen (secondary N) is 1. The average Bonchev–Trinajstić information content (AvgIpc) is 3.39. The molecular formula is C22H20BrN5O2S2. The zero-order valence-electron chi connectivity index (χ0n) is 17.4. The van der Waals surface area contributed by atoms with Crippen molar-refractivity contribution in [1.29, 1.82) is 0 Å². The minimum atomic E-state index is -0.146. The Bertz CT molecular complexity index is 1220. The molecule has 0 aliphatic carbocycles. The number of thioether (sulfide) groups is 1. The molecule has 4 rings (SSSR count). The first-order valence-corrected chi connectivity index (χ1v) is 12.4. The van der Waals surface area contributed by atoms with E-state index in [9.17, 15) is 4.79 Å². The van der Waals surface area contributed by atoms with Crippen molar-refractivity contribution in [3.8, 4) is 17.0 Å². The van der Waals surface area contributed by atoms with Crippen LogP contribution in [0, 0.1) is 6.92 Å². The molecule has 164 valence electrons. The topological polar surface area (TPSA) is 81.9 Å². The normalized spacial score (nSPS) is 10.8. The SMILES string of the molecule is Cc1ccccc1OCc1nnc(SCC(=O)Nc2nc(-c3ccc(Br)cc3)cs2)n1C. The van der Waals surface area contributed by atoms with Crippen LogP contribution in [0.25, 0.3) is 11.3 Å². The summed E-state index contributed by atoms with van der Waals surface area (Å²) in [6.45, 7) is 2.30. The smallest absolute Gasteiger partial charge is 0.236 e. The fourth-order valence-corrected chi connectivity index (χ4v) is 4.56. The van der Waals surface area contributed by atoms with Crippen molar-refractivity contribution in [3.05, 3.63) is 69.8 Å². The lowest BCUT2D eigenvalue weighted by Gasteiger charge is -2.08. The van der Waals surface area contributed by atoms with Crippen LogP contribution in [0.1, 0.15) is 11.4 Å². The van der Waals surface area contributed by atoms with Crippen LogP contribution >= 0.6 is 39.0 Å². The second kappa shape index (κ2) is 10.3. The van der Waals surface area contributed by atoms with Crippen LogP contribution in [0.3, 0.4) is 0 Å². The molecule has 0 atom stereocenters. The minimum absolute atomic E-state index is 0.146. The van der Waals surface area contributed by atoms with Gasteiger partial charge in [-0.3, -0.25) is 4.79 Å². The van der Waals surface area contributed by atoms with Gasteiger partial charge in [-0.05, 0) is 30.7 Å². The lowest BCUT2D eigenvalue weighted by atomic mass is 10.2. The van der Waals surface area contributed by atoms with Gasteiger partial charge in [-0.1, -0.05) is 58.0 Å². The van der Waals surface area contributed by atoms with E-state index in [1.165, 1.54) is 23.1 Å². The molecule has 2 aromatic heterocycles. The summed E-state index contributed by atoms with van der Waals surface area (Å²) in [5.41, 5.74) is 2.89. The van der Waals surface area contributed by atoms with E-state index < -0.39 is 0 Å². The van der Waals surface area contributed by atoms with E-state index in [-0.39, 0.29) is 11.7 Å². The Morgan fingerprint density at radius 2 is 1.97 bits per heavy atom. The average molecular weight is 530 g/mol. The van der Waals surface area contributed by atoms with Crippen LogP contribution < -0.4 is 10.1 Å². The second-order valence-electron chi connectivity index (χ2n) is 6.89.